The molecule has 0 aliphatic rings. The van der Waals surface area contributed by atoms with E-state index in [4.69, 9.17) is 15.3 Å². The van der Waals surface area contributed by atoms with Crippen LogP contribution in [0.5, 0.6) is 11.5 Å². The summed E-state index contributed by atoms with van der Waals surface area (Å²) in [4.78, 5) is 12.5. The van der Waals surface area contributed by atoms with Crippen molar-refractivity contribution in [3.8, 4) is 11.5 Å². The van der Waals surface area contributed by atoms with Crippen molar-refractivity contribution in [2.45, 2.75) is 50.2 Å². The van der Waals surface area contributed by atoms with Crippen LogP contribution >= 0.6 is 11.8 Å². The SMILES string of the molecule is COc1ccccc1CNC(=O)C(C)Sc1nnc(COc2ccc(C(C)C)cc2)n1N. The molecule has 0 fully saturated rings. The van der Waals surface area contributed by atoms with Crippen LogP contribution in [0.25, 0.3) is 0 Å². The topological polar surface area (TPSA) is 104 Å². The number of hydrogen-bond donors (Lipinski definition) is 2. The van der Waals surface area contributed by atoms with Crippen LogP contribution in [-0.4, -0.2) is 33.1 Å². The van der Waals surface area contributed by atoms with E-state index < -0.39 is 5.25 Å². The Labute approximate surface area is 192 Å². The third-order valence-corrected chi connectivity index (χ3v) is 6.00. The number of nitrogens with zero attached hydrogens (tertiary/aromatic N) is 3. The van der Waals surface area contributed by atoms with E-state index in [0.29, 0.717) is 23.4 Å². The molecule has 0 aliphatic heterocycles. The standard InChI is InChI=1S/C23H29N5O3S/c1-15(2)17-9-11-19(12-10-17)31-14-21-26-27-23(28(21)24)32-16(3)22(29)25-13-18-7-5-6-8-20(18)30-4/h5-12,15-16H,13-14,24H2,1-4H3,(H,25,29). The Bertz CT molecular complexity index is 1040. The Morgan fingerprint density at radius 1 is 1.12 bits per heavy atom. The van der Waals surface area contributed by atoms with Gasteiger partial charge < -0.3 is 20.6 Å². The van der Waals surface area contributed by atoms with Gasteiger partial charge in [-0.15, -0.1) is 10.2 Å². The molecule has 32 heavy (non-hydrogen) atoms. The number of nitrogens with one attached hydrogen (secondary N) is 1. The molecule has 2 aromatic carbocycles. The van der Waals surface area contributed by atoms with Crippen LogP contribution in [0.3, 0.4) is 0 Å². The molecule has 1 heterocycles. The summed E-state index contributed by atoms with van der Waals surface area (Å²) in [7, 11) is 1.61. The number of benzene rings is 2. The number of ether oxygens (including phenoxy) is 2. The second-order valence-corrected chi connectivity index (χ2v) is 8.88. The number of rotatable bonds is 10. The molecule has 3 rings (SSSR count). The summed E-state index contributed by atoms with van der Waals surface area (Å²) in [6, 6.07) is 15.5. The van der Waals surface area contributed by atoms with Crippen molar-refractivity contribution < 1.29 is 14.3 Å². The van der Waals surface area contributed by atoms with Gasteiger partial charge in [-0.25, -0.2) is 4.68 Å². The zero-order valence-electron chi connectivity index (χ0n) is 18.7. The minimum Gasteiger partial charge on any atom is -0.496 e. The van der Waals surface area contributed by atoms with Crippen LogP contribution in [0.1, 0.15) is 43.6 Å². The largest absolute Gasteiger partial charge is 0.496 e. The highest BCUT2D eigenvalue weighted by Gasteiger charge is 2.20. The Morgan fingerprint density at radius 2 is 1.84 bits per heavy atom. The van der Waals surface area contributed by atoms with Crippen LogP contribution in [0, 0.1) is 0 Å². The Morgan fingerprint density at radius 3 is 2.53 bits per heavy atom. The number of aromatic nitrogens is 3. The second kappa shape index (κ2) is 10.9. The van der Waals surface area contributed by atoms with Crippen molar-refractivity contribution in [1.29, 1.82) is 0 Å². The first kappa shape index (κ1) is 23.5. The fraction of sp³-hybridized carbons (Fsp3) is 0.348. The molecule has 1 aromatic heterocycles. The van der Waals surface area contributed by atoms with Gasteiger partial charge in [0.05, 0.1) is 12.4 Å². The maximum Gasteiger partial charge on any atom is 0.233 e. The summed E-state index contributed by atoms with van der Waals surface area (Å²) in [6.07, 6.45) is 0. The van der Waals surface area contributed by atoms with Crippen LogP contribution in [0.2, 0.25) is 0 Å². The van der Waals surface area contributed by atoms with E-state index >= 15 is 0 Å². The maximum absolute atomic E-state index is 12.5. The van der Waals surface area contributed by atoms with Crippen molar-refractivity contribution in [2.75, 3.05) is 13.0 Å². The minimum atomic E-state index is -0.409. The van der Waals surface area contributed by atoms with Gasteiger partial charge in [0, 0.05) is 12.1 Å². The van der Waals surface area contributed by atoms with E-state index in [1.807, 2.05) is 48.5 Å². The summed E-state index contributed by atoms with van der Waals surface area (Å²) in [5.74, 6) is 8.40. The number of amides is 1. The van der Waals surface area contributed by atoms with Gasteiger partial charge in [0.15, 0.2) is 5.82 Å². The molecule has 0 saturated carbocycles. The molecule has 0 saturated heterocycles. The smallest absolute Gasteiger partial charge is 0.233 e. The molecule has 1 atom stereocenters. The van der Waals surface area contributed by atoms with E-state index in [1.54, 1.807) is 14.0 Å². The average molecular weight is 456 g/mol. The summed E-state index contributed by atoms with van der Waals surface area (Å²) in [6.45, 7) is 6.64. The van der Waals surface area contributed by atoms with Crippen LogP contribution in [-0.2, 0) is 17.9 Å². The molecular weight excluding hydrogens is 426 g/mol. The van der Waals surface area contributed by atoms with Crippen molar-refractivity contribution >= 4 is 17.7 Å². The van der Waals surface area contributed by atoms with Gasteiger partial charge in [-0.05, 0) is 36.6 Å². The van der Waals surface area contributed by atoms with Crippen LogP contribution in [0.15, 0.2) is 53.7 Å². The summed E-state index contributed by atoms with van der Waals surface area (Å²) >= 11 is 1.24. The van der Waals surface area contributed by atoms with Crippen LogP contribution < -0.4 is 20.6 Å². The van der Waals surface area contributed by atoms with E-state index in [9.17, 15) is 4.79 Å². The Hall–Kier alpha value is -3.20. The highest BCUT2D eigenvalue weighted by atomic mass is 32.2. The predicted molar refractivity (Wildman–Crippen MR) is 125 cm³/mol. The van der Waals surface area contributed by atoms with Crippen molar-refractivity contribution in [3.05, 3.63) is 65.5 Å². The first-order valence-electron chi connectivity index (χ1n) is 10.4. The molecule has 0 spiro atoms. The lowest BCUT2D eigenvalue weighted by Gasteiger charge is -2.13. The lowest BCUT2D eigenvalue weighted by Crippen LogP contribution is -2.31. The predicted octanol–water partition coefficient (Wildman–Crippen LogP) is 3.50. The van der Waals surface area contributed by atoms with E-state index in [2.05, 4.69) is 29.4 Å². The summed E-state index contributed by atoms with van der Waals surface area (Å²) < 4.78 is 12.5. The molecular formula is C23H29N5O3S. The van der Waals surface area contributed by atoms with E-state index in [1.165, 1.54) is 22.0 Å². The summed E-state index contributed by atoms with van der Waals surface area (Å²) in [5.41, 5.74) is 2.15. The lowest BCUT2D eigenvalue weighted by molar-refractivity contribution is -0.120. The monoisotopic (exact) mass is 455 g/mol. The van der Waals surface area contributed by atoms with Gasteiger partial charge in [0.1, 0.15) is 18.1 Å². The molecule has 170 valence electrons. The highest BCUT2D eigenvalue weighted by Crippen LogP contribution is 2.23. The van der Waals surface area contributed by atoms with E-state index in [-0.39, 0.29) is 12.5 Å². The fourth-order valence-electron chi connectivity index (χ4n) is 2.97. The number of nitrogens with two attached hydrogens (primary N) is 1. The number of para-hydroxylation sites is 1. The first-order valence-corrected chi connectivity index (χ1v) is 11.3. The first-order chi connectivity index (χ1) is 15.4. The van der Waals surface area contributed by atoms with Gasteiger partial charge >= 0.3 is 0 Å². The second-order valence-electron chi connectivity index (χ2n) is 7.57. The van der Waals surface area contributed by atoms with Gasteiger partial charge in [0.25, 0.3) is 0 Å². The average Bonchev–Trinajstić information content (AvgIpc) is 3.15. The quantitative estimate of drug-likeness (QED) is 0.356. The maximum atomic E-state index is 12.5. The normalized spacial score (nSPS) is 11.9. The van der Waals surface area contributed by atoms with Crippen LogP contribution in [0.4, 0.5) is 0 Å². The summed E-state index contributed by atoms with van der Waals surface area (Å²) in [5, 5.41) is 11.2. The van der Waals surface area contributed by atoms with Gasteiger partial charge in [-0.1, -0.05) is 55.9 Å². The van der Waals surface area contributed by atoms with Crippen molar-refractivity contribution in [2.24, 2.45) is 0 Å². The zero-order chi connectivity index (χ0) is 23.1. The number of methoxy groups -OCH3 is 1. The number of nitrogen functional groups attached to an aromatic ring is 1. The Balaban J connectivity index is 1.53. The highest BCUT2D eigenvalue weighted by molar-refractivity contribution is 8.00. The van der Waals surface area contributed by atoms with Crippen molar-refractivity contribution in [3.63, 3.8) is 0 Å². The molecule has 0 bridgehead atoms. The lowest BCUT2D eigenvalue weighted by atomic mass is 10.0. The fourth-order valence-corrected chi connectivity index (χ4v) is 3.78. The van der Waals surface area contributed by atoms with Crippen molar-refractivity contribution in [1.82, 2.24) is 20.2 Å². The minimum absolute atomic E-state index is 0.132. The van der Waals surface area contributed by atoms with E-state index in [0.717, 1.165) is 17.1 Å². The number of thioether (sulfide) groups is 1. The molecule has 8 nitrogen and oxygen atoms in total. The van der Waals surface area contributed by atoms with Gasteiger partial charge in [-0.2, -0.15) is 0 Å². The van der Waals surface area contributed by atoms with Gasteiger partial charge in [-0.3, -0.25) is 4.79 Å². The molecule has 3 aromatic rings. The molecule has 0 radical (unpaired) electrons. The number of hydrogen-bond acceptors (Lipinski definition) is 7. The molecule has 0 aliphatic carbocycles. The molecule has 1 unspecified atom stereocenters. The molecule has 1 amide bonds. The third kappa shape index (κ3) is 5.94. The zero-order valence-corrected chi connectivity index (χ0v) is 19.6. The number of carbonyl (C=O) groups excluding carboxylic acids is 1. The van der Waals surface area contributed by atoms with Gasteiger partial charge in [0.2, 0.25) is 11.1 Å². The molecule has 3 N–H and O–H groups in total. The molecule has 9 heteroatoms. The number of carbonyl (C=O) groups is 1. The Kier molecular flexibility index (Phi) is 7.99. The third-order valence-electron chi connectivity index (χ3n) is 4.95.